The van der Waals surface area contributed by atoms with Gasteiger partial charge in [0.2, 0.25) is 11.8 Å². The second-order valence-corrected chi connectivity index (χ2v) is 4.91. The first-order valence-corrected chi connectivity index (χ1v) is 6.96. The number of rotatable bonds is 6. The molecule has 5 nitrogen and oxygen atoms in total. The summed E-state index contributed by atoms with van der Waals surface area (Å²) in [5.41, 5.74) is 5.68. The Morgan fingerprint density at radius 1 is 1.30 bits per heavy atom. The van der Waals surface area contributed by atoms with Crippen LogP contribution in [-0.2, 0) is 9.59 Å². The lowest BCUT2D eigenvalue weighted by Crippen LogP contribution is -2.38. The lowest BCUT2D eigenvalue weighted by Gasteiger charge is -2.20. The summed E-state index contributed by atoms with van der Waals surface area (Å²) in [6, 6.07) is 4.93. The summed E-state index contributed by atoms with van der Waals surface area (Å²) in [5, 5.41) is 3.31. The molecular formula is C13H17Cl2N3O2. The zero-order valence-electron chi connectivity index (χ0n) is 11.2. The van der Waals surface area contributed by atoms with Crippen molar-refractivity contribution >= 4 is 40.7 Å². The number of hydrogen-bond donors (Lipinski definition) is 2. The van der Waals surface area contributed by atoms with Crippen molar-refractivity contribution in [3.05, 3.63) is 28.2 Å². The van der Waals surface area contributed by atoms with Crippen molar-refractivity contribution in [2.75, 3.05) is 25.0 Å². The average molecular weight is 318 g/mol. The van der Waals surface area contributed by atoms with E-state index in [1.165, 1.54) is 4.90 Å². The van der Waals surface area contributed by atoms with Crippen molar-refractivity contribution in [3.63, 3.8) is 0 Å². The molecule has 0 aliphatic heterocycles. The molecule has 0 bridgehead atoms. The van der Waals surface area contributed by atoms with Crippen molar-refractivity contribution in [2.24, 2.45) is 5.73 Å². The van der Waals surface area contributed by atoms with Crippen LogP contribution in [0.3, 0.4) is 0 Å². The van der Waals surface area contributed by atoms with Gasteiger partial charge < -0.3 is 16.0 Å². The van der Waals surface area contributed by atoms with E-state index in [0.29, 0.717) is 22.3 Å². The number of carbonyl (C=O) groups is 2. The number of anilines is 1. The Labute approximate surface area is 128 Å². The quantitative estimate of drug-likeness (QED) is 0.844. The molecule has 7 heteroatoms. The highest BCUT2D eigenvalue weighted by Gasteiger charge is 2.16. The predicted molar refractivity (Wildman–Crippen MR) is 81.0 cm³/mol. The van der Waals surface area contributed by atoms with Crippen LogP contribution in [-0.4, -0.2) is 36.3 Å². The van der Waals surface area contributed by atoms with Gasteiger partial charge in [-0.25, -0.2) is 0 Å². The zero-order chi connectivity index (χ0) is 15.1. The van der Waals surface area contributed by atoms with Crippen LogP contribution in [0.4, 0.5) is 5.69 Å². The van der Waals surface area contributed by atoms with Gasteiger partial charge in [0.1, 0.15) is 0 Å². The summed E-state index contributed by atoms with van der Waals surface area (Å²) in [5.74, 6) is -0.511. The summed E-state index contributed by atoms with van der Waals surface area (Å²) in [7, 11) is 0. The Morgan fingerprint density at radius 3 is 2.40 bits per heavy atom. The van der Waals surface area contributed by atoms with Gasteiger partial charge in [-0.2, -0.15) is 0 Å². The molecule has 0 aliphatic carbocycles. The number of carbonyl (C=O) groups excluding carboxylic acids is 2. The number of amides is 2. The summed E-state index contributed by atoms with van der Waals surface area (Å²) in [6.45, 7) is 2.43. The summed E-state index contributed by atoms with van der Waals surface area (Å²) in [6.07, 6.45) is 0.216. The van der Waals surface area contributed by atoms with Crippen LogP contribution in [0.2, 0.25) is 10.0 Å². The molecule has 0 heterocycles. The van der Waals surface area contributed by atoms with Crippen LogP contribution in [0.25, 0.3) is 0 Å². The van der Waals surface area contributed by atoms with E-state index in [9.17, 15) is 9.59 Å². The number of likely N-dealkylation sites (N-methyl/N-ethyl adjacent to an activating group) is 1. The third kappa shape index (κ3) is 4.67. The van der Waals surface area contributed by atoms with Gasteiger partial charge in [-0.15, -0.1) is 0 Å². The molecule has 0 aromatic heterocycles. The van der Waals surface area contributed by atoms with Gasteiger partial charge in [0, 0.05) is 19.5 Å². The molecule has 1 rings (SSSR count). The molecule has 0 spiro atoms. The van der Waals surface area contributed by atoms with E-state index in [2.05, 4.69) is 5.32 Å². The van der Waals surface area contributed by atoms with E-state index in [-0.39, 0.29) is 31.3 Å². The van der Waals surface area contributed by atoms with Crippen LogP contribution >= 0.6 is 23.2 Å². The fourth-order valence-electron chi connectivity index (χ4n) is 1.63. The van der Waals surface area contributed by atoms with Gasteiger partial charge in [-0.3, -0.25) is 9.59 Å². The number of halogens is 2. The maximum atomic E-state index is 11.9. The third-order valence-electron chi connectivity index (χ3n) is 2.65. The minimum Gasteiger partial charge on any atom is -0.334 e. The molecule has 0 fully saturated rings. The molecule has 0 radical (unpaired) electrons. The molecule has 1 aromatic rings. The van der Waals surface area contributed by atoms with Gasteiger partial charge >= 0.3 is 0 Å². The molecule has 0 atom stereocenters. The molecule has 0 saturated heterocycles. The van der Waals surface area contributed by atoms with E-state index in [1.807, 2.05) is 0 Å². The van der Waals surface area contributed by atoms with Gasteiger partial charge in [-0.05, 0) is 19.1 Å². The standard InChI is InChI=1S/C13H17Cl2N3O2/c1-2-18(12(20)6-7-16)8-11(19)17-13-9(14)4-3-5-10(13)15/h3-5H,2,6-8,16H2,1H3,(H,17,19). The van der Waals surface area contributed by atoms with Crippen LogP contribution in [0.1, 0.15) is 13.3 Å². The van der Waals surface area contributed by atoms with E-state index in [0.717, 1.165) is 0 Å². The Hall–Kier alpha value is -1.30. The van der Waals surface area contributed by atoms with Gasteiger partial charge in [0.05, 0.1) is 22.3 Å². The highest BCUT2D eigenvalue weighted by atomic mass is 35.5. The first-order chi connectivity index (χ1) is 9.49. The summed E-state index contributed by atoms with van der Waals surface area (Å²) < 4.78 is 0. The van der Waals surface area contributed by atoms with E-state index >= 15 is 0 Å². The second kappa shape index (κ2) is 8.09. The lowest BCUT2D eigenvalue weighted by molar-refractivity contribution is -0.134. The number of benzene rings is 1. The van der Waals surface area contributed by atoms with Crippen LogP contribution in [0.5, 0.6) is 0 Å². The topological polar surface area (TPSA) is 75.4 Å². The highest BCUT2D eigenvalue weighted by molar-refractivity contribution is 6.39. The van der Waals surface area contributed by atoms with Crippen molar-refractivity contribution in [1.82, 2.24) is 4.90 Å². The largest absolute Gasteiger partial charge is 0.334 e. The van der Waals surface area contributed by atoms with Crippen LogP contribution < -0.4 is 11.1 Å². The van der Waals surface area contributed by atoms with Crippen molar-refractivity contribution in [2.45, 2.75) is 13.3 Å². The Bertz CT molecular complexity index is 474. The number of para-hydroxylation sites is 1. The third-order valence-corrected chi connectivity index (χ3v) is 3.28. The first kappa shape index (κ1) is 16.8. The molecule has 20 heavy (non-hydrogen) atoms. The SMILES string of the molecule is CCN(CC(=O)Nc1c(Cl)cccc1Cl)C(=O)CCN. The number of nitrogens with two attached hydrogens (primary N) is 1. The smallest absolute Gasteiger partial charge is 0.244 e. The van der Waals surface area contributed by atoms with Crippen LogP contribution in [0.15, 0.2) is 18.2 Å². The first-order valence-electron chi connectivity index (χ1n) is 6.21. The summed E-state index contributed by atoms with van der Waals surface area (Å²) in [4.78, 5) is 25.1. The fourth-order valence-corrected chi connectivity index (χ4v) is 2.12. The Kier molecular flexibility index (Phi) is 6.78. The average Bonchev–Trinajstić information content (AvgIpc) is 2.40. The molecular weight excluding hydrogens is 301 g/mol. The summed E-state index contributed by atoms with van der Waals surface area (Å²) >= 11 is 11.9. The van der Waals surface area contributed by atoms with E-state index < -0.39 is 0 Å². The van der Waals surface area contributed by atoms with E-state index in [4.69, 9.17) is 28.9 Å². The number of nitrogens with zero attached hydrogens (tertiary/aromatic N) is 1. The second-order valence-electron chi connectivity index (χ2n) is 4.09. The minimum absolute atomic E-state index is 0.0586. The van der Waals surface area contributed by atoms with Gasteiger partial charge in [0.25, 0.3) is 0 Å². The van der Waals surface area contributed by atoms with Gasteiger partial charge in [-0.1, -0.05) is 29.3 Å². The highest BCUT2D eigenvalue weighted by Crippen LogP contribution is 2.29. The normalized spacial score (nSPS) is 10.2. The maximum Gasteiger partial charge on any atom is 0.244 e. The zero-order valence-corrected chi connectivity index (χ0v) is 12.7. The predicted octanol–water partition coefficient (Wildman–Crippen LogP) is 2.13. The minimum atomic E-state index is -0.354. The Balaban J connectivity index is 2.69. The molecule has 0 aliphatic rings. The molecule has 110 valence electrons. The molecule has 1 aromatic carbocycles. The lowest BCUT2D eigenvalue weighted by atomic mass is 10.3. The molecule has 2 amide bonds. The Morgan fingerprint density at radius 2 is 1.90 bits per heavy atom. The maximum absolute atomic E-state index is 11.9. The monoisotopic (exact) mass is 317 g/mol. The van der Waals surface area contributed by atoms with Gasteiger partial charge in [0.15, 0.2) is 0 Å². The molecule has 0 saturated carbocycles. The van der Waals surface area contributed by atoms with E-state index in [1.54, 1.807) is 25.1 Å². The van der Waals surface area contributed by atoms with Crippen LogP contribution in [0, 0.1) is 0 Å². The van der Waals surface area contributed by atoms with Crippen molar-refractivity contribution in [1.29, 1.82) is 0 Å². The molecule has 3 N–H and O–H groups in total. The fraction of sp³-hybridized carbons (Fsp3) is 0.385. The number of hydrogen-bond acceptors (Lipinski definition) is 3. The molecule has 0 unspecified atom stereocenters. The van der Waals surface area contributed by atoms with Crippen molar-refractivity contribution < 1.29 is 9.59 Å². The van der Waals surface area contributed by atoms with Crippen molar-refractivity contribution in [3.8, 4) is 0 Å². The number of nitrogens with one attached hydrogen (secondary N) is 1.